The number of hydrogen-bond donors (Lipinski definition) is 0. The van der Waals surface area contributed by atoms with Crippen LogP contribution in [0, 0.1) is 5.82 Å². The number of carbonyl (C=O) groups is 2. The Morgan fingerprint density at radius 2 is 2.04 bits per heavy atom. The van der Waals surface area contributed by atoms with Crippen molar-refractivity contribution >= 4 is 34.7 Å². The number of carbonyl (C=O) groups excluding carboxylic acids is 2. The monoisotopic (exact) mass is 336 g/mol. The zero-order chi connectivity index (χ0) is 16.4. The van der Waals surface area contributed by atoms with Gasteiger partial charge in [-0.1, -0.05) is 6.07 Å². The van der Waals surface area contributed by atoms with Crippen molar-refractivity contribution in [2.24, 2.45) is 0 Å². The van der Waals surface area contributed by atoms with Crippen molar-refractivity contribution in [3.05, 3.63) is 34.5 Å². The first kappa shape index (κ1) is 16.0. The molecule has 3 rings (SSSR count). The molecule has 2 aliphatic rings. The number of rotatable bonds is 3. The van der Waals surface area contributed by atoms with E-state index < -0.39 is 0 Å². The molecule has 1 aromatic rings. The van der Waals surface area contributed by atoms with Crippen LogP contribution in [-0.2, 0) is 9.53 Å². The van der Waals surface area contributed by atoms with Crippen LogP contribution in [0.3, 0.4) is 0 Å². The van der Waals surface area contributed by atoms with E-state index in [1.165, 1.54) is 11.0 Å². The number of imide groups is 1. The summed E-state index contributed by atoms with van der Waals surface area (Å²) in [6, 6.07) is 4.86. The van der Waals surface area contributed by atoms with Gasteiger partial charge < -0.3 is 9.64 Å². The number of benzene rings is 1. The molecule has 23 heavy (non-hydrogen) atoms. The van der Waals surface area contributed by atoms with E-state index in [1.807, 2.05) is 4.90 Å². The smallest absolute Gasteiger partial charge is 0.293 e. The summed E-state index contributed by atoms with van der Waals surface area (Å²) < 4.78 is 19.6. The summed E-state index contributed by atoms with van der Waals surface area (Å²) in [5.74, 6) is -0.657. The Balaban J connectivity index is 1.82. The van der Waals surface area contributed by atoms with Crippen LogP contribution in [0.5, 0.6) is 0 Å². The fourth-order valence-corrected chi connectivity index (χ4v) is 3.50. The highest BCUT2D eigenvalue weighted by Crippen LogP contribution is 2.32. The van der Waals surface area contributed by atoms with Crippen LogP contribution >= 0.6 is 11.8 Å². The van der Waals surface area contributed by atoms with Crippen molar-refractivity contribution in [3.63, 3.8) is 0 Å². The fourth-order valence-electron chi connectivity index (χ4n) is 2.60. The van der Waals surface area contributed by atoms with Crippen molar-refractivity contribution < 1.29 is 18.7 Å². The summed E-state index contributed by atoms with van der Waals surface area (Å²) in [5, 5.41) is -0.283. The molecule has 0 N–H and O–H groups in total. The van der Waals surface area contributed by atoms with Crippen LogP contribution in [0.4, 0.5) is 14.9 Å². The highest BCUT2D eigenvalue weighted by Gasteiger charge is 2.33. The molecular weight excluding hydrogens is 319 g/mol. The van der Waals surface area contributed by atoms with Gasteiger partial charge in [-0.05, 0) is 42.5 Å². The summed E-state index contributed by atoms with van der Waals surface area (Å²) in [5.41, 5.74) is 1.10. The van der Waals surface area contributed by atoms with E-state index in [9.17, 15) is 14.0 Å². The summed E-state index contributed by atoms with van der Waals surface area (Å²) in [7, 11) is 0. The Morgan fingerprint density at radius 1 is 1.30 bits per heavy atom. The summed E-state index contributed by atoms with van der Waals surface area (Å²) in [6.45, 7) is 4.58. The third-order valence-electron chi connectivity index (χ3n) is 3.81. The Bertz CT molecular complexity index is 671. The predicted octanol–water partition coefficient (Wildman–Crippen LogP) is 2.72. The zero-order valence-corrected chi connectivity index (χ0v) is 13.6. The standard InChI is InChI=1S/C16H17FN2O3S/c1-2-19-15(20)14(23-16(19)21)10-11-3-4-13(12(17)9-11)18-5-7-22-8-6-18/h3-4,9-10H,2,5-8H2,1H3/b14-10-. The number of amides is 2. The van der Waals surface area contributed by atoms with Gasteiger partial charge in [-0.25, -0.2) is 4.39 Å². The number of nitrogens with zero attached hydrogens (tertiary/aromatic N) is 2. The third kappa shape index (κ3) is 3.25. The Kier molecular flexibility index (Phi) is 4.68. The van der Waals surface area contributed by atoms with Gasteiger partial charge in [0.15, 0.2) is 0 Å². The van der Waals surface area contributed by atoms with Gasteiger partial charge in [0.05, 0.1) is 23.8 Å². The van der Waals surface area contributed by atoms with Gasteiger partial charge in [-0.15, -0.1) is 0 Å². The number of anilines is 1. The first-order chi connectivity index (χ1) is 11.1. The molecule has 2 fully saturated rings. The van der Waals surface area contributed by atoms with E-state index in [2.05, 4.69) is 0 Å². The number of thioether (sulfide) groups is 1. The predicted molar refractivity (Wildman–Crippen MR) is 87.8 cm³/mol. The number of halogens is 1. The number of likely N-dealkylation sites (N-methyl/N-ethyl adjacent to an activating group) is 1. The molecule has 0 aromatic heterocycles. The first-order valence-corrected chi connectivity index (χ1v) is 8.29. The Hall–Kier alpha value is -1.86. The molecule has 0 atom stereocenters. The van der Waals surface area contributed by atoms with Crippen LogP contribution < -0.4 is 4.90 Å². The Morgan fingerprint density at radius 3 is 2.65 bits per heavy atom. The van der Waals surface area contributed by atoms with Crippen LogP contribution in [0.1, 0.15) is 12.5 Å². The van der Waals surface area contributed by atoms with Gasteiger partial charge in [-0.3, -0.25) is 14.5 Å². The molecule has 0 unspecified atom stereocenters. The summed E-state index contributed by atoms with van der Waals surface area (Å²) in [4.78, 5) is 27.2. The van der Waals surface area contributed by atoms with Crippen LogP contribution in [0.15, 0.2) is 23.1 Å². The van der Waals surface area contributed by atoms with E-state index in [4.69, 9.17) is 4.74 Å². The summed E-state index contributed by atoms with van der Waals surface area (Å²) >= 11 is 0.888. The lowest BCUT2D eigenvalue weighted by Gasteiger charge is -2.29. The molecule has 0 saturated carbocycles. The van der Waals surface area contributed by atoms with Crippen molar-refractivity contribution in [2.45, 2.75) is 6.92 Å². The second-order valence-corrected chi connectivity index (χ2v) is 6.23. The molecule has 122 valence electrons. The van der Waals surface area contributed by atoms with Gasteiger partial charge in [0.2, 0.25) is 0 Å². The van der Waals surface area contributed by atoms with E-state index in [0.717, 1.165) is 11.8 Å². The van der Waals surface area contributed by atoms with Crippen LogP contribution in [0.2, 0.25) is 0 Å². The van der Waals surface area contributed by atoms with Crippen LogP contribution in [0.25, 0.3) is 6.08 Å². The maximum Gasteiger partial charge on any atom is 0.293 e. The SMILES string of the molecule is CCN1C(=O)S/C(=C\c2ccc(N3CCOCC3)c(F)c2)C1=O. The van der Waals surface area contributed by atoms with Crippen LogP contribution in [-0.4, -0.2) is 48.9 Å². The number of morpholine rings is 1. The average Bonchev–Trinajstić information content (AvgIpc) is 2.82. The van der Waals surface area contributed by atoms with Crippen molar-refractivity contribution in [1.82, 2.24) is 4.90 Å². The minimum Gasteiger partial charge on any atom is -0.378 e. The molecule has 2 saturated heterocycles. The molecular formula is C16H17FN2O3S. The van der Waals surface area contributed by atoms with Crippen molar-refractivity contribution in [3.8, 4) is 0 Å². The highest BCUT2D eigenvalue weighted by molar-refractivity contribution is 8.18. The quantitative estimate of drug-likeness (QED) is 0.795. The molecule has 5 nitrogen and oxygen atoms in total. The lowest BCUT2D eigenvalue weighted by atomic mass is 10.1. The van der Waals surface area contributed by atoms with E-state index in [0.29, 0.717) is 49.0 Å². The van der Waals surface area contributed by atoms with Gasteiger partial charge in [0.25, 0.3) is 11.1 Å². The van der Waals surface area contributed by atoms with E-state index >= 15 is 0 Å². The minimum absolute atomic E-state index is 0.283. The zero-order valence-electron chi connectivity index (χ0n) is 12.8. The highest BCUT2D eigenvalue weighted by atomic mass is 32.2. The third-order valence-corrected chi connectivity index (χ3v) is 4.72. The molecule has 1 aromatic carbocycles. The molecule has 2 heterocycles. The first-order valence-electron chi connectivity index (χ1n) is 7.47. The van der Waals surface area contributed by atoms with E-state index in [1.54, 1.807) is 25.1 Å². The minimum atomic E-state index is -0.338. The normalized spacial score (nSPS) is 20.7. The molecule has 0 spiro atoms. The van der Waals surface area contributed by atoms with Gasteiger partial charge in [0, 0.05) is 19.6 Å². The Labute approximate surface area is 138 Å². The van der Waals surface area contributed by atoms with Gasteiger partial charge >= 0.3 is 0 Å². The second kappa shape index (κ2) is 6.72. The number of ether oxygens (including phenoxy) is 1. The maximum atomic E-state index is 14.3. The molecule has 0 radical (unpaired) electrons. The molecule has 0 aliphatic carbocycles. The summed E-state index contributed by atoms with van der Waals surface area (Å²) in [6.07, 6.45) is 1.56. The lowest BCUT2D eigenvalue weighted by molar-refractivity contribution is -0.122. The average molecular weight is 336 g/mol. The molecule has 7 heteroatoms. The topological polar surface area (TPSA) is 49.9 Å². The lowest BCUT2D eigenvalue weighted by Crippen LogP contribution is -2.36. The van der Waals surface area contributed by atoms with Crippen molar-refractivity contribution in [1.29, 1.82) is 0 Å². The molecule has 2 aliphatic heterocycles. The van der Waals surface area contributed by atoms with Crippen molar-refractivity contribution in [2.75, 3.05) is 37.7 Å². The maximum absolute atomic E-state index is 14.3. The van der Waals surface area contributed by atoms with Gasteiger partial charge in [-0.2, -0.15) is 0 Å². The molecule has 2 amide bonds. The second-order valence-electron chi connectivity index (χ2n) is 5.24. The fraction of sp³-hybridized carbons (Fsp3) is 0.375. The number of hydrogen-bond acceptors (Lipinski definition) is 5. The molecule has 0 bridgehead atoms. The van der Waals surface area contributed by atoms with E-state index in [-0.39, 0.29) is 17.0 Å². The van der Waals surface area contributed by atoms with Gasteiger partial charge in [0.1, 0.15) is 5.82 Å². The largest absolute Gasteiger partial charge is 0.378 e.